The molecule has 26 heavy (non-hydrogen) atoms. The molecule has 130 valence electrons. The number of nitrogens with zero attached hydrogens (tertiary/aromatic N) is 3. The number of hydrogen-bond donors (Lipinski definition) is 3. The number of nitrogens with one attached hydrogen (secondary N) is 2. The Hall–Kier alpha value is -3.59. The Bertz CT molecular complexity index is 916. The highest BCUT2D eigenvalue weighted by Crippen LogP contribution is 2.21. The summed E-state index contributed by atoms with van der Waals surface area (Å²) in [5, 5.41) is 15.9. The maximum Gasteiger partial charge on any atom is 0.223 e. The fraction of sp³-hybridized carbons (Fsp3) is 0.150. The van der Waals surface area contributed by atoms with E-state index in [0.29, 0.717) is 23.8 Å². The summed E-state index contributed by atoms with van der Waals surface area (Å²) in [4.78, 5) is 8.86. The van der Waals surface area contributed by atoms with Crippen LogP contribution in [0, 0.1) is 18.3 Å². The molecule has 1 aliphatic rings. The lowest BCUT2D eigenvalue weighted by molar-refractivity contribution is 0.974. The molecule has 6 heteroatoms. The first kappa shape index (κ1) is 17.2. The second-order valence-corrected chi connectivity index (χ2v) is 5.91. The van der Waals surface area contributed by atoms with Gasteiger partial charge in [-0.3, -0.25) is 0 Å². The SMILES string of the molecule is Cc1cnc(NCCc2ccc(N)cc2)nc1/C(C#N)=C1/C=CC=CN1. The van der Waals surface area contributed by atoms with E-state index in [1.54, 1.807) is 12.4 Å². The van der Waals surface area contributed by atoms with Crippen LogP contribution in [-0.2, 0) is 6.42 Å². The molecule has 4 N–H and O–H groups in total. The Morgan fingerprint density at radius 1 is 1.27 bits per heavy atom. The minimum atomic E-state index is 0.493. The molecule has 0 aliphatic carbocycles. The quantitative estimate of drug-likeness (QED) is 0.570. The van der Waals surface area contributed by atoms with E-state index in [1.807, 2.05) is 49.4 Å². The number of aromatic nitrogens is 2. The summed E-state index contributed by atoms with van der Waals surface area (Å²) in [6.07, 6.45) is 9.95. The number of nitriles is 1. The third-order valence-corrected chi connectivity index (χ3v) is 3.98. The number of benzene rings is 1. The van der Waals surface area contributed by atoms with Crippen molar-refractivity contribution in [1.82, 2.24) is 15.3 Å². The van der Waals surface area contributed by atoms with Crippen molar-refractivity contribution in [3.05, 3.63) is 77.4 Å². The average Bonchev–Trinajstić information content (AvgIpc) is 2.67. The van der Waals surface area contributed by atoms with Crippen LogP contribution in [0.25, 0.3) is 5.57 Å². The molecule has 0 saturated heterocycles. The molecule has 0 fully saturated rings. The predicted molar refractivity (Wildman–Crippen MR) is 104 cm³/mol. The van der Waals surface area contributed by atoms with E-state index in [0.717, 1.165) is 23.4 Å². The van der Waals surface area contributed by atoms with E-state index in [4.69, 9.17) is 5.73 Å². The molecule has 1 aromatic heterocycles. The predicted octanol–water partition coefficient (Wildman–Crippen LogP) is 2.93. The van der Waals surface area contributed by atoms with Gasteiger partial charge in [-0.1, -0.05) is 18.2 Å². The van der Waals surface area contributed by atoms with Crippen LogP contribution in [0.5, 0.6) is 0 Å². The smallest absolute Gasteiger partial charge is 0.223 e. The molecular formula is C20H20N6. The summed E-state index contributed by atoms with van der Waals surface area (Å²) >= 11 is 0. The van der Waals surface area contributed by atoms with Gasteiger partial charge in [0.05, 0.1) is 11.4 Å². The zero-order chi connectivity index (χ0) is 18.4. The molecule has 6 nitrogen and oxygen atoms in total. The highest BCUT2D eigenvalue weighted by atomic mass is 15.1. The molecule has 2 heterocycles. The molecule has 0 bridgehead atoms. The lowest BCUT2D eigenvalue weighted by Crippen LogP contribution is -2.12. The minimum absolute atomic E-state index is 0.493. The number of anilines is 2. The highest BCUT2D eigenvalue weighted by molar-refractivity contribution is 5.80. The Balaban J connectivity index is 1.75. The normalized spacial score (nSPS) is 14.5. The monoisotopic (exact) mass is 344 g/mol. The number of allylic oxidation sites excluding steroid dienone is 4. The van der Waals surface area contributed by atoms with Gasteiger partial charge in [-0.15, -0.1) is 0 Å². The molecule has 0 atom stereocenters. The van der Waals surface area contributed by atoms with Crippen LogP contribution in [0.2, 0.25) is 0 Å². The van der Waals surface area contributed by atoms with Crippen molar-refractivity contribution in [3.8, 4) is 6.07 Å². The van der Waals surface area contributed by atoms with Crippen LogP contribution in [0.1, 0.15) is 16.8 Å². The summed E-state index contributed by atoms with van der Waals surface area (Å²) in [5.74, 6) is 0.504. The summed E-state index contributed by atoms with van der Waals surface area (Å²) in [6, 6.07) is 10.0. The highest BCUT2D eigenvalue weighted by Gasteiger charge is 2.13. The van der Waals surface area contributed by atoms with E-state index >= 15 is 0 Å². The van der Waals surface area contributed by atoms with Crippen molar-refractivity contribution in [3.63, 3.8) is 0 Å². The van der Waals surface area contributed by atoms with Crippen LogP contribution in [0.15, 0.2) is 60.6 Å². The Morgan fingerprint density at radius 2 is 2.08 bits per heavy atom. The van der Waals surface area contributed by atoms with Crippen LogP contribution >= 0.6 is 0 Å². The number of nitrogens with two attached hydrogens (primary N) is 1. The first-order chi connectivity index (χ1) is 12.7. The lowest BCUT2D eigenvalue weighted by Gasteiger charge is -2.12. The number of dihydropyridines is 1. The third kappa shape index (κ3) is 4.08. The van der Waals surface area contributed by atoms with Gasteiger partial charge in [0.2, 0.25) is 5.95 Å². The Labute approximate surface area is 152 Å². The fourth-order valence-electron chi connectivity index (χ4n) is 2.57. The van der Waals surface area contributed by atoms with Crippen molar-refractivity contribution in [2.24, 2.45) is 0 Å². The largest absolute Gasteiger partial charge is 0.399 e. The molecule has 2 aromatic rings. The molecule has 0 radical (unpaired) electrons. The second-order valence-electron chi connectivity index (χ2n) is 5.91. The first-order valence-electron chi connectivity index (χ1n) is 8.34. The summed E-state index contributed by atoms with van der Waals surface area (Å²) < 4.78 is 0. The third-order valence-electron chi connectivity index (χ3n) is 3.98. The van der Waals surface area contributed by atoms with Gasteiger partial charge in [0.25, 0.3) is 0 Å². The molecular weight excluding hydrogens is 324 g/mol. The molecule has 0 amide bonds. The maximum atomic E-state index is 9.60. The van der Waals surface area contributed by atoms with Gasteiger partial charge in [0.15, 0.2) is 0 Å². The molecule has 1 aromatic carbocycles. The summed E-state index contributed by atoms with van der Waals surface area (Å²) in [6.45, 7) is 2.58. The van der Waals surface area contributed by atoms with Gasteiger partial charge in [0.1, 0.15) is 11.6 Å². The number of rotatable bonds is 5. The van der Waals surface area contributed by atoms with Crippen LogP contribution < -0.4 is 16.4 Å². The van der Waals surface area contributed by atoms with Gasteiger partial charge in [-0.05, 0) is 48.8 Å². The van der Waals surface area contributed by atoms with Crippen molar-refractivity contribution >= 4 is 17.2 Å². The zero-order valence-electron chi connectivity index (χ0n) is 14.5. The molecule has 3 rings (SSSR count). The van der Waals surface area contributed by atoms with Gasteiger partial charge in [-0.25, -0.2) is 9.97 Å². The maximum absolute atomic E-state index is 9.60. The standard InChI is InChI=1S/C20H20N6/c1-14-13-25-20(24-11-9-15-5-7-16(22)8-6-15)26-19(14)17(12-21)18-4-2-3-10-23-18/h2-8,10,13,23H,9,11,22H2,1H3,(H,24,25,26)/b18-17-. The number of hydrogen-bond acceptors (Lipinski definition) is 6. The van der Waals surface area contributed by atoms with E-state index in [-0.39, 0.29) is 0 Å². The van der Waals surface area contributed by atoms with Gasteiger partial charge in [0, 0.05) is 24.6 Å². The molecule has 1 aliphatic heterocycles. The van der Waals surface area contributed by atoms with Crippen LogP contribution in [0.3, 0.4) is 0 Å². The Kier molecular flexibility index (Phi) is 5.30. The van der Waals surface area contributed by atoms with Crippen molar-refractivity contribution < 1.29 is 0 Å². The van der Waals surface area contributed by atoms with E-state index in [2.05, 4.69) is 26.7 Å². The number of nitrogen functional groups attached to an aromatic ring is 1. The van der Waals surface area contributed by atoms with Gasteiger partial charge >= 0.3 is 0 Å². The number of aryl methyl sites for hydroxylation is 1. The topological polar surface area (TPSA) is 99.7 Å². The van der Waals surface area contributed by atoms with E-state index < -0.39 is 0 Å². The lowest BCUT2D eigenvalue weighted by atomic mass is 10.1. The second kappa shape index (κ2) is 7.99. The van der Waals surface area contributed by atoms with Crippen LogP contribution in [0.4, 0.5) is 11.6 Å². The van der Waals surface area contributed by atoms with Gasteiger partial charge in [-0.2, -0.15) is 5.26 Å². The summed E-state index contributed by atoms with van der Waals surface area (Å²) in [7, 11) is 0. The van der Waals surface area contributed by atoms with Gasteiger partial charge < -0.3 is 16.4 Å². The van der Waals surface area contributed by atoms with E-state index in [1.165, 1.54) is 5.56 Å². The molecule has 0 spiro atoms. The van der Waals surface area contributed by atoms with Crippen molar-refractivity contribution in [2.45, 2.75) is 13.3 Å². The van der Waals surface area contributed by atoms with E-state index in [9.17, 15) is 5.26 Å². The molecule has 0 unspecified atom stereocenters. The zero-order valence-corrected chi connectivity index (χ0v) is 14.5. The van der Waals surface area contributed by atoms with Crippen molar-refractivity contribution in [1.29, 1.82) is 5.26 Å². The molecule has 0 saturated carbocycles. The minimum Gasteiger partial charge on any atom is -0.399 e. The average molecular weight is 344 g/mol. The van der Waals surface area contributed by atoms with Crippen molar-refractivity contribution in [2.75, 3.05) is 17.6 Å². The Morgan fingerprint density at radius 3 is 2.77 bits per heavy atom. The fourth-order valence-corrected chi connectivity index (χ4v) is 2.57. The summed E-state index contributed by atoms with van der Waals surface area (Å²) in [5.41, 5.74) is 10.3. The first-order valence-corrected chi connectivity index (χ1v) is 8.34. The van der Waals surface area contributed by atoms with Crippen LogP contribution in [-0.4, -0.2) is 16.5 Å².